The lowest BCUT2D eigenvalue weighted by Crippen LogP contribution is -2.04. The minimum Gasteiger partial charge on any atom is -0.385 e. The quantitative estimate of drug-likeness (QED) is 0.769. The molecule has 0 spiro atoms. The third kappa shape index (κ3) is 1.42. The van der Waals surface area contributed by atoms with Crippen LogP contribution in [-0.4, -0.2) is 28.3 Å². The summed E-state index contributed by atoms with van der Waals surface area (Å²) in [6, 6.07) is 5.56. The molecule has 2 heterocycles. The summed E-state index contributed by atoms with van der Waals surface area (Å²) in [6.07, 6.45) is 0.714. The highest BCUT2D eigenvalue weighted by molar-refractivity contribution is 5.47. The van der Waals surface area contributed by atoms with E-state index in [1.807, 2.05) is 22.6 Å². The number of hydrogen-bond donors (Lipinski definition) is 1. The molecular weight excluding hydrogens is 180 g/mol. The van der Waals surface area contributed by atoms with Crippen LogP contribution in [0.5, 0.6) is 0 Å². The summed E-state index contributed by atoms with van der Waals surface area (Å²) in [5, 5.41) is 8.06. The lowest BCUT2D eigenvalue weighted by molar-refractivity contribution is 0.200. The first kappa shape index (κ1) is 8.96. The topological polar surface area (TPSA) is 65.4 Å². The Kier molecular flexibility index (Phi) is 2.32. The Balaban J connectivity index is 2.45. The van der Waals surface area contributed by atoms with E-state index in [0.717, 1.165) is 11.5 Å². The van der Waals surface area contributed by atoms with Gasteiger partial charge in [0.1, 0.15) is 11.6 Å². The SMILES string of the molecule is COCCc1nnc2cccc(N)n12. The Morgan fingerprint density at radius 1 is 1.43 bits per heavy atom. The number of ether oxygens (including phenoxy) is 1. The Labute approximate surface area is 81.5 Å². The highest BCUT2D eigenvalue weighted by atomic mass is 16.5. The molecule has 5 nitrogen and oxygen atoms in total. The van der Waals surface area contributed by atoms with Crippen molar-refractivity contribution in [1.29, 1.82) is 0 Å². The van der Waals surface area contributed by atoms with Gasteiger partial charge in [0, 0.05) is 13.5 Å². The molecule has 0 aliphatic heterocycles. The highest BCUT2D eigenvalue weighted by Gasteiger charge is 2.06. The van der Waals surface area contributed by atoms with E-state index in [4.69, 9.17) is 10.5 Å². The van der Waals surface area contributed by atoms with Crippen molar-refractivity contribution < 1.29 is 4.74 Å². The Bertz CT molecular complexity index is 437. The average Bonchev–Trinajstić information content (AvgIpc) is 2.59. The fourth-order valence-electron chi connectivity index (χ4n) is 1.38. The summed E-state index contributed by atoms with van der Waals surface area (Å²) in [6.45, 7) is 0.620. The van der Waals surface area contributed by atoms with E-state index in [1.54, 1.807) is 7.11 Å². The molecule has 0 saturated heterocycles. The number of anilines is 1. The molecule has 0 radical (unpaired) electrons. The van der Waals surface area contributed by atoms with Crippen LogP contribution < -0.4 is 5.73 Å². The van der Waals surface area contributed by atoms with Crippen LogP contribution >= 0.6 is 0 Å². The second kappa shape index (κ2) is 3.63. The molecule has 0 aliphatic rings. The van der Waals surface area contributed by atoms with Crippen LogP contribution in [-0.2, 0) is 11.2 Å². The van der Waals surface area contributed by atoms with Gasteiger partial charge in [-0.25, -0.2) is 0 Å². The number of pyridine rings is 1. The number of hydrogen-bond acceptors (Lipinski definition) is 4. The molecule has 2 aromatic heterocycles. The van der Waals surface area contributed by atoms with Gasteiger partial charge in [0.2, 0.25) is 0 Å². The maximum absolute atomic E-state index is 5.82. The predicted octanol–water partition coefficient (Wildman–Crippen LogP) is 0.500. The summed E-state index contributed by atoms with van der Waals surface area (Å²) >= 11 is 0. The van der Waals surface area contributed by atoms with Gasteiger partial charge in [-0.05, 0) is 12.1 Å². The maximum atomic E-state index is 5.82. The van der Waals surface area contributed by atoms with Gasteiger partial charge in [0.05, 0.1) is 6.61 Å². The molecule has 5 heteroatoms. The van der Waals surface area contributed by atoms with Crippen LogP contribution in [0, 0.1) is 0 Å². The van der Waals surface area contributed by atoms with E-state index in [2.05, 4.69) is 10.2 Å². The van der Waals surface area contributed by atoms with E-state index in [0.29, 0.717) is 18.8 Å². The first-order valence-electron chi connectivity index (χ1n) is 4.40. The summed E-state index contributed by atoms with van der Waals surface area (Å²) in [4.78, 5) is 0. The van der Waals surface area contributed by atoms with E-state index in [1.165, 1.54) is 0 Å². The Morgan fingerprint density at radius 3 is 3.07 bits per heavy atom. The van der Waals surface area contributed by atoms with Crippen LogP contribution in [0.3, 0.4) is 0 Å². The fourth-order valence-corrected chi connectivity index (χ4v) is 1.38. The minimum atomic E-state index is 0.620. The summed E-state index contributed by atoms with van der Waals surface area (Å²) in [5.41, 5.74) is 6.59. The zero-order valence-corrected chi connectivity index (χ0v) is 7.97. The maximum Gasteiger partial charge on any atom is 0.162 e. The van der Waals surface area contributed by atoms with Gasteiger partial charge in [0.15, 0.2) is 5.65 Å². The summed E-state index contributed by atoms with van der Waals surface area (Å²) in [5.74, 6) is 1.48. The lowest BCUT2D eigenvalue weighted by atomic mass is 10.4. The second-order valence-electron chi connectivity index (χ2n) is 3.00. The monoisotopic (exact) mass is 192 g/mol. The second-order valence-corrected chi connectivity index (χ2v) is 3.00. The van der Waals surface area contributed by atoms with Crippen molar-refractivity contribution in [3.63, 3.8) is 0 Å². The zero-order valence-electron chi connectivity index (χ0n) is 7.97. The lowest BCUT2D eigenvalue weighted by Gasteiger charge is -2.01. The zero-order chi connectivity index (χ0) is 9.97. The molecule has 0 saturated carbocycles. The van der Waals surface area contributed by atoms with Gasteiger partial charge >= 0.3 is 0 Å². The number of aromatic nitrogens is 3. The van der Waals surface area contributed by atoms with Gasteiger partial charge in [-0.3, -0.25) is 4.40 Å². The van der Waals surface area contributed by atoms with Crippen LogP contribution in [0.2, 0.25) is 0 Å². The average molecular weight is 192 g/mol. The smallest absolute Gasteiger partial charge is 0.162 e. The molecule has 0 aliphatic carbocycles. The molecule has 2 rings (SSSR count). The van der Waals surface area contributed by atoms with Crippen LogP contribution in [0.4, 0.5) is 5.82 Å². The molecule has 0 fully saturated rings. The predicted molar refractivity (Wildman–Crippen MR) is 53.0 cm³/mol. The fraction of sp³-hybridized carbons (Fsp3) is 0.333. The van der Waals surface area contributed by atoms with Gasteiger partial charge in [-0.15, -0.1) is 10.2 Å². The van der Waals surface area contributed by atoms with Crippen molar-refractivity contribution in [3.05, 3.63) is 24.0 Å². The van der Waals surface area contributed by atoms with Crippen molar-refractivity contribution in [2.45, 2.75) is 6.42 Å². The number of methoxy groups -OCH3 is 1. The Morgan fingerprint density at radius 2 is 2.29 bits per heavy atom. The first-order valence-corrected chi connectivity index (χ1v) is 4.40. The molecule has 0 unspecified atom stereocenters. The van der Waals surface area contributed by atoms with Crippen molar-refractivity contribution in [2.24, 2.45) is 0 Å². The van der Waals surface area contributed by atoms with E-state index in [-0.39, 0.29) is 0 Å². The van der Waals surface area contributed by atoms with Gasteiger partial charge in [0.25, 0.3) is 0 Å². The summed E-state index contributed by atoms with van der Waals surface area (Å²) in [7, 11) is 1.66. The third-order valence-electron chi connectivity index (χ3n) is 2.06. The van der Waals surface area contributed by atoms with Gasteiger partial charge < -0.3 is 10.5 Å². The number of fused-ring (bicyclic) bond motifs is 1. The largest absolute Gasteiger partial charge is 0.385 e. The number of nitrogen functional groups attached to an aromatic ring is 1. The molecule has 0 aromatic carbocycles. The van der Waals surface area contributed by atoms with E-state index >= 15 is 0 Å². The molecule has 0 atom stereocenters. The van der Waals surface area contributed by atoms with E-state index in [9.17, 15) is 0 Å². The Hall–Kier alpha value is -1.62. The molecule has 2 aromatic rings. The normalized spacial score (nSPS) is 10.9. The number of rotatable bonds is 3. The highest BCUT2D eigenvalue weighted by Crippen LogP contribution is 2.10. The van der Waals surface area contributed by atoms with Gasteiger partial charge in [-0.2, -0.15) is 0 Å². The minimum absolute atomic E-state index is 0.620. The van der Waals surface area contributed by atoms with Gasteiger partial charge in [-0.1, -0.05) is 6.07 Å². The number of nitrogens with zero attached hydrogens (tertiary/aromatic N) is 3. The molecule has 74 valence electrons. The van der Waals surface area contributed by atoms with Crippen LogP contribution in [0.25, 0.3) is 5.65 Å². The van der Waals surface area contributed by atoms with Crippen molar-refractivity contribution in [2.75, 3.05) is 19.5 Å². The standard InChI is InChI=1S/C9H12N4O/c1-14-6-5-9-12-11-8-4-2-3-7(10)13(8)9/h2-4H,5-6,10H2,1H3. The molecule has 2 N–H and O–H groups in total. The van der Waals surface area contributed by atoms with Crippen LogP contribution in [0.15, 0.2) is 18.2 Å². The number of nitrogens with two attached hydrogens (primary N) is 1. The molecule has 0 bridgehead atoms. The molecule has 14 heavy (non-hydrogen) atoms. The molecule has 0 amide bonds. The summed E-state index contributed by atoms with van der Waals surface area (Å²) < 4.78 is 6.81. The van der Waals surface area contributed by atoms with Crippen molar-refractivity contribution >= 4 is 11.5 Å². The van der Waals surface area contributed by atoms with E-state index < -0.39 is 0 Å². The molecular formula is C9H12N4O. The first-order chi connectivity index (χ1) is 6.83. The van der Waals surface area contributed by atoms with Crippen LogP contribution in [0.1, 0.15) is 5.82 Å². The van der Waals surface area contributed by atoms with Crippen molar-refractivity contribution in [3.8, 4) is 0 Å². The van der Waals surface area contributed by atoms with Crippen molar-refractivity contribution in [1.82, 2.24) is 14.6 Å². The third-order valence-corrected chi connectivity index (χ3v) is 2.06.